The molecular formula is C17H23Cl2N5O4S. The van der Waals surface area contributed by atoms with Gasteiger partial charge in [-0.1, -0.05) is 6.07 Å². The highest BCUT2D eigenvalue weighted by molar-refractivity contribution is 7.89. The molecule has 0 spiro atoms. The van der Waals surface area contributed by atoms with Crippen molar-refractivity contribution in [3.63, 3.8) is 0 Å². The molecule has 1 heterocycles. The minimum absolute atomic E-state index is 0. The number of sulfonamides is 1. The molecule has 0 saturated carbocycles. The highest BCUT2D eigenvalue weighted by Crippen LogP contribution is 2.29. The van der Waals surface area contributed by atoms with Gasteiger partial charge in [0.05, 0.1) is 28.8 Å². The fraction of sp³-hybridized carbons (Fsp3) is 0.353. The van der Waals surface area contributed by atoms with Crippen LogP contribution in [-0.4, -0.2) is 38.5 Å². The quantitative estimate of drug-likeness (QED) is 0.248. The molecule has 2 rings (SSSR count). The fourth-order valence-electron chi connectivity index (χ4n) is 2.35. The van der Waals surface area contributed by atoms with Crippen LogP contribution in [0.4, 0.5) is 5.69 Å². The molecule has 1 aromatic carbocycles. The van der Waals surface area contributed by atoms with E-state index in [1.54, 1.807) is 26.8 Å². The van der Waals surface area contributed by atoms with Crippen LogP contribution in [-0.2, 0) is 19.6 Å². The Morgan fingerprint density at radius 3 is 2.62 bits per heavy atom. The van der Waals surface area contributed by atoms with E-state index < -0.39 is 27.4 Å². The Morgan fingerprint density at radius 1 is 1.38 bits per heavy atom. The zero-order valence-electron chi connectivity index (χ0n) is 16.1. The molecule has 2 aromatic rings. The fourth-order valence-corrected chi connectivity index (χ4v) is 3.73. The molecule has 0 bridgehead atoms. The van der Waals surface area contributed by atoms with Crippen molar-refractivity contribution in [2.45, 2.75) is 25.7 Å². The number of aromatic nitrogens is 1. The number of hydrogen-bond acceptors (Lipinski definition) is 6. The number of fused-ring (bicyclic) bond motifs is 1. The van der Waals surface area contributed by atoms with Gasteiger partial charge in [-0.2, -0.15) is 0 Å². The second-order valence-corrected chi connectivity index (χ2v) is 8.74. The lowest BCUT2D eigenvalue weighted by atomic mass is 9.94. The lowest BCUT2D eigenvalue weighted by Crippen LogP contribution is -2.40. The lowest BCUT2D eigenvalue weighted by molar-refractivity contribution is -0.152. The number of carbonyl (C=O) groups is 1. The molecular weight excluding hydrogens is 441 g/mol. The molecule has 12 heteroatoms. The van der Waals surface area contributed by atoms with Crippen LogP contribution < -0.4 is 14.9 Å². The van der Waals surface area contributed by atoms with E-state index in [-0.39, 0.29) is 30.5 Å². The number of nitrogens with zero attached hydrogens (tertiary/aromatic N) is 2. The van der Waals surface area contributed by atoms with Gasteiger partial charge in [0.15, 0.2) is 0 Å². The molecule has 0 saturated heterocycles. The summed E-state index contributed by atoms with van der Waals surface area (Å²) in [6, 6.07) is 4.38. The van der Waals surface area contributed by atoms with E-state index in [1.165, 1.54) is 24.5 Å². The smallest absolute Gasteiger partial charge is 0.312 e. The molecule has 160 valence electrons. The third-order valence-electron chi connectivity index (χ3n) is 3.97. The van der Waals surface area contributed by atoms with Crippen molar-refractivity contribution in [1.29, 1.82) is 5.41 Å². The highest BCUT2D eigenvalue weighted by atomic mass is 35.5. The van der Waals surface area contributed by atoms with E-state index in [4.69, 9.17) is 27.7 Å². The number of anilines is 1. The molecule has 0 unspecified atom stereocenters. The topological polar surface area (TPSA) is 138 Å². The van der Waals surface area contributed by atoms with E-state index in [2.05, 4.69) is 9.71 Å². The predicted octanol–water partition coefficient (Wildman–Crippen LogP) is 2.38. The number of pyridine rings is 1. The Kier molecular flexibility index (Phi) is 8.22. The van der Waals surface area contributed by atoms with Crippen molar-refractivity contribution in [3.8, 4) is 0 Å². The van der Waals surface area contributed by atoms with Crippen molar-refractivity contribution < 1.29 is 17.9 Å². The zero-order chi connectivity index (χ0) is 21.1. The van der Waals surface area contributed by atoms with Gasteiger partial charge in [-0.3, -0.25) is 15.2 Å². The number of carbonyl (C=O) groups excluding carboxylic acids is 1. The number of nitrogens with one attached hydrogen (secondary N) is 2. The Hall–Kier alpha value is -2.14. The summed E-state index contributed by atoms with van der Waals surface area (Å²) in [5, 5.41) is 8.50. The van der Waals surface area contributed by atoms with Crippen LogP contribution in [0.3, 0.4) is 0 Å². The standard InChI is InChI=1S/C17H22ClN5O4S.ClH/c1-4-27-15(24)17(2,3)10-22-28(25,26)12-5-6-13-11(7-12)8-21-9-14(13)23(18)16(19)20;/h5-9,22H,4,10H2,1-3H3,(H3,19,20);1H. The van der Waals surface area contributed by atoms with Crippen LogP contribution in [0, 0.1) is 10.8 Å². The number of rotatable bonds is 7. The van der Waals surface area contributed by atoms with Crippen LogP contribution in [0.15, 0.2) is 35.5 Å². The number of ether oxygens (including phenoxy) is 1. The van der Waals surface area contributed by atoms with Crippen LogP contribution in [0.25, 0.3) is 10.8 Å². The molecule has 0 radical (unpaired) electrons. The molecule has 0 aliphatic heterocycles. The molecule has 9 nitrogen and oxygen atoms in total. The summed E-state index contributed by atoms with van der Waals surface area (Å²) in [6.07, 6.45) is 2.90. The first kappa shape index (κ1) is 24.9. The lowest BCUT2D eigenvalue weighted by Gasteiger charge is -2.22. The van der Waals surface area contributed by atoms with Crippen LogP contribution in [0.1, 0.15) is 20.8 Å². The van der Waals surface area contributed by atoms with Crippen molar-refractivity contribution in [3.05, 3.63) is 30.6 Å². The maximum atomic E-state index is 12.7. The first-order valence-corrected chi connectivity index (χ1v) is 10.2. The number of guanidine groups is 1. The summed E-state index contributed by atoms with van der Waals surface area (Å²) in [7, 11) is -3.88. The third kappa shape index (κ3) is 5.69. The maximum absolute atomic E-state index is 12.7. The summed E-state index contributed by atoms with van der Waals surface area (Å²) in [6.45, 7) is 4.97. The molecule has 0 aliphatic rings. The number of halogens is 2. The van der Waals surface area contributed by atoms with Gasteiger partial charge in [-0.05, 0) is 32.9 Å². The van der Waals surface area contributed by atoms with E-state index in [9.17, 15) is 13.2 Å². The SMILES string of the molecule is CCOC(=O)C(C)(C)CNS(=O)(=O)c1ccc2c(N(Cl)C(=N)N)cncc2c1.Cl. The van der Waals surface area contributed by atoms with Gasteiger partial charge in [0.1, 0.15) is 0 Å². The van der Waals surface area contributed by atoms with Gasteiger partial charge in [0.2, 0.25) is 16.0 Å². The van der Waals surface area contributed by atoms with Gasteiger partial charge in [-0.25, -0.2) is 17.6 Å². The Morgan fingerprint density at radius 2 is 2.03 bits per heavy atom. The number of nitrogens with two attached hydrogens (primary N) is 1. The minimum Gasteiger partial charge on any atom is -0.466 e. The van der Waals surface area contributed by atoms with Crippen LogP contribution in [0.2, 0.25) is 0 Å². The number of benzene rings is 1. The predicted molar refractivity (Wildman–Crippen MR) is 115 cm³/mol. The second-order valence-electron chi connectivity index (χ2n) is 6.64. The average molecular weight is 464 g/mol. The van der Waals surface area contributed by atoms with E-state index in [0.717, 1.165) is 4.42 Å². The second kappa shape index (κ2) is 9.57. The zero-order valence-corrected chi connectivity index (χ0v) is 18.5. The van der Waals surface area contributed by atoms with Crippen LogP contribution >= 0.6 is 24.2 Å². The largest absolute Gasteiger partial charge is 0.466 e. The monoisotopic (exact) mass is 463 g/mol. The normalized spacial score (nSPS) is 11.6. The molecule has 29 heavy (non-hydrogen) atoms. The summed E-state index contributed by atoms with van der Waals surface area (Å²) >= 11 is 5.97. The molecule has 4 N–H and O–H groups in total. The van der Waals surface area contributed by atoms with Gasteiger partial charge in [0.25, 0.3) is 0 Å². The van der Waals surface area contributed by atoms with Crippen molar-refractivity contribution >= 4 is 62.6 Å². The van der Waals surface area contributed by atoms with Gasteiger partial charge in [-0.15, -0.1) is 12.4 Å². The molecule has 0 atom stereocenters. The molecule has 0 aliphatic carbocycles. The van der Waals surface area contributed by atoms with E-state index in [1.807, 2.05) is 0 Å². The number of hydrogen-bond donors (Lipinski definition) is 3. The summed E-state index contributed by atoms with van der Waals surface area (Å²) in [5.74, 6) is -0.882. The van der Waals surface area contributed by atoms with Crippen LogP contribution in [0.5, 0.6) is 0 Å². The summed E-state index contributed by atoms with van der Waals surface area (Å²) < 4.78 is 33.6. The summed E-state index contributed by atoms with van der Waals surface area (Å²) in [4.78, 5) is 16.0. The first-order chi connectivity index (χ1) is 13.0. The Labute approximate surface area is 180 Å². The highest BCUT2D eigenvalue weighted by Gasteiger charge is 2.31. The first-order valence-electron chi connectivity index (χ1n) is 8.34. The Bertz CT molecular complexity index is 1010. The molecule has 1 aromatic heterocycles. The van der Waals surface area contributed by atoms with E-state index in [0.29, 0.717) is 16.5 Å². The van der Waals surface area contributed by atoms with Gasteiger partial charge < -0.3 is 10.5 Å². The minimum atomic E-state index is -3.88. The average Bonchev–Trinajstić information content (AvgIpc) is 2.65. The van der Waals surface area contributed by atoms with Gasteiger partial charge in [0, 0.05) is 35.3 Å². The van der Waals surface area contributed by atoms with E-state index >= 15 is 0 Å². The van der Waals surface area contributed by atoms with Crippen molar-refractivity contribution in [2.24, 2.45) is 11.1 Å². The molecule has 0 amide bonds. The molecule has 0 fully saturated rings. The van der Waals surface area contributed by atoms with Gasteiger partial charge >= 0.3 is 5.97 Å². The van der Waals surface area contributed by atoms with Crippen molar-refractivity contribution in [2.75, 3.05) is 17.6 Å². The Balaban J connectivity index is 0.00000420. The number of esters is 1. The third-order valence-corrected chi connectivity index (χ3v) is 5.74. The summed E-state index contributed by atoms with van der Waals surface area (Å²) in [5.41, 5.74) is 4.73. The van der Waals surface area contributed by atoms with Crippen molar-refractivity contribution in [1.82, 2.24) is 9.71 Å². The maximum Gasteiger partial charge on any atom is 0.312 e.